The Morgan fingerprint density at radius 3 is 2.45 bits per heavy atom. The second kappa shape index (κ2) is 8.01. The number of fused-ring (bicyclic) bond motifs is 1. The third-order valence-electron chi connectivity index (χ3n) is 5.35. The number of nitrogens with one attached hydrogen (secondary N) is 1. The number of pyridine rings is 1. The molecule has 1 saturated heterocycles. The van der Waals surface area contributed by atoms with E-state index in [0.717, 1.165) is 16.5 Å². The predicted molar refractivity (Wildman–Crippen MR) is 110 cm³/mol. The average molecular weight is 390 g/mol. The quantitative estimate of drug-likeness (QED) is 0.694. The Kier molecular flexibility index (Phi) is 5.27. The summed E-state index contributed by atoms with van der Waals surface area (Å²) in [5.41, 5.74) is 2.02. The minimum Gasteiger partial charge on any atom is -0.481 e. The number of nitrogens with zero attached hydrogens (tertiary/aromatic N) is 1. The molecule has 0 bridgehead atoms. The van der Waals surface area contributed by atoms with Crippen molar-refractivity contribution in [3.8, 4) is 11.3 Å². The van der Waals surface area contributed by atoms with Crippen LogP contribution in [0.25, 0.3) is 22.2 Å². The number of rotatable bonds is 5. The molecule has 2 heterocycles. The van der Waals surface area contributed by atoms with E-state index in [2.05, 4.69) is 5.32 Å². The number of amides is 1. The molecule has 3 aromatic rings. The molecule has 0 spiro atoms. The van der Waals surface area contributed by atoms with Crippen molar-refractivity contribution in [1.82, 2.24) is 10.3 Å². The summed E-state index contributed by atoms with van der Waals surface area (Å²) in [6, 6.07) is 18.9. The van der Waals surface area contributed by atoms with Crippen LogP contribution in [-0.2, 0) is 9.53 Å². The number of carbonyl (C=O) groups is 2. The topological polar surface area (TPSA) is 88.5 Å². The standard InChI is InChI=1S/C23H22N2O4/c26-21(27)15-23(10-12-29-13-11-23)25-22(28)18-14-20(16-6-2-1-3-7-16)24-19-9-5-4-8-17(18)19/h1-9,14H,10-13,15H2,(H,25,28)(H,26,27). The Bertz CT molecular complexity index is 1040. The van der Waals surface area contributed by atoms with Gasteiger partial charge >= 0.3 is 5.97 Å². The van der Waals surface area contributed by atoms with Crippen LogP contribution in [0, 0.1) is 0 Å². The summed E-state index contributed by atoms with van der Waals surface area (Å²) in [6.45, 7) is 0.861. The highest BCUT2D eigenvalue weighted by Crippen LogP contribution is 2.28. The molecule has 148 valence electrons. The molecule has 1 aliphatic rings. The van der Waals surface area contributed by atoms with Gasteiger partial charge in [-0.05, 0) is 25.0 Å². The molecule has 1 aliphatic heterocycles. The number of carbonyl (C=O) groups excluding carboxylic acids is 1. The maximum atomic E-state index is 13.3. The highest BCUT2D eigenvalue weighted by atomic mass is 16.5. The second-order valence-corrected chi connectivity index (χ2v) is 7.36. The van der Waals surface area contributed by atoms with Gasteiger partial charge in [0, 0.05) is 24.2 Å². The minimum atomic E-state index is -0.934. The Balaban J connectivity index is 1.75. The first kappa shape index (κ1) is 19.1. The number of carboxylic acids is 1. The maximum absolute atomic E-state index is 13.3. The van der Waals surface area contributed by atoms with Gasteiger partial charge in [-0.1, -0.05) is 48.5 Å². The molecule has 0 unspecified atom stereocenters. The molecule has 6 heteroatoms. The van der Waals surface area contributed by atoms with Crippen LogP contribution >= 0.6 is 0 Å². The maximum Gasteiger partial charge on any atom is 0.305 e. The van der Waals surface area contributed by atoms with Gasteiger partial charge in [0.15, 0.2) is 0 Å². The molecule has 29 heavy (non-hydrogen) atoms. The molecule has 2 N–H and O–H groups in total. The largest absolute Gasteiger partial charge is 0.481 e. The van der Waals surface area contributed by atoms with E-state index in [1.165, 1.54) is 0 Å². The Morgan fingerprint density at radius 2 is 1.72 bits per heavy atom. The highest BCUT2D eigenvalue weighted by Gasteiger charge is 2.37. The molecular formula is C23H22N2O4. The summed E-state index contributed by atoms with van der Waals surface area (Å²) in [7, 11) is 0. The lowest BCUT2D eigenvalue weighted by molar-refractivity contribution is -0.139. The van der Waals surface area contributed by atoms with E-state index < -0.39 is 11.5 Å². The molecule has 0 radical (unpaired) electrons. The number of aliphatic carboxylic acids is 1. The average Bonchev–Trinajstić information content (AvgIpc) is 2.73. The van der Waals surface area contributed by atoms with Gasteiger partial charge in [-0.15, -0.1) is 0 Å². The molecule has 1 fully saturated rings. The molecule has 1 amide bonds. The van der Waals surface area contributed by atoms with Crippen LogP contribution in [0.15, 0.2) is 60.7 Å². The molecule has 6 nitrogen and oxygen atoms in total. The van der Waals surface area contributed by atoms with Gasteiger partial charge in [0.1, 0.15) is 0 Å². The van der Waals surface area contributed by atoms with Crippen LogP contribution < -0.4 is 5.32 Å². The highest BCUT2D eigenvalue weighted by molar-refractivity contribution is 6.07. The van der Waals surface area contributed by atoms with E-state index in [-0.39, 0.29) is 12.3 Å². The number of hydrogen-bond acceptors (Lipinski definition) is 4. The smallest absolute Gasteiger partial charge is 0.305 e. The molecule has 2 aromatic carbocycles. The van der Waals surface area contributed by atoms with E-state index in [0.29, 0.717) is 37.3 Å². The fourth-order valence-electron chi connectivity index (χ4n) is 3.83. The van der Waals surface area contributed by atoms with E-state index >= 15 is 0 Å². The fraction of sp³-hybridized carbons (Fsp3) is 0.261. The van der Waals surface area contributed by atoms with Gasteiger partial charge in [-0.3, -0.25) is 9.59 Å². The Labute approximate surface area is 168 Å². The van der Waals surface area contributed by atoms with Gasteiger partial charge in [0.05, 0.1) is 28.7 Å². The van der Waals surface area contributed by atoms with Crippen LogP contribution in [0.1, 0.15) is 29.6 Å². The van der Waals surface area contributed by atoms with E-state index in [9.17, 15) is 14.7 Å². The molecule has 0 saturated carbocycles. The van der Waals surface area contributed by atoms with Crippen LogP contribution in [0.3, 0.4) is 0 Å². The minimum absolute atomic E-state index is 0.128. The zero-order valence-electron chi connectivity index (χ0n) is 15.9. The summed E-state index contributed by atoms with van der Waals surface area (Å²) in [4.78, 5) is 29.5. The van der Waals surface area contributed by atoms with E-state index in [1.54, 1.807) is 6.07 Å². The zero-order valence-corrected chi connectivity index (χ0v) is 15.9. The number of hydrogen-bond donors (Lipinski definition) is 2. The van der Waals surface area contributed by atoms with Crippen molar-refractivity contribution in [2.45, 2.75) is 24.8 Å². The lowest BCUT2D eigenvalue weighted by atomic mass is 9.86. The monoisotopic (exact) mass is 390 g/mol. The van der Waals surface area contributed by atoms with Crippen molar-refractivity contribution >= 4 is 22.8 Å². The summed E-state index contributed by atoms with van der Waals surface area (Å²) in [5, 5.41) is 13.1. The summed E-state index contributed by atoms with van der Waals surface area (Å²) >= 11 is 0. The van der Waals surface area contributed by atoms with Crippen LogP contribution in [-0.4, -0.2) is 40.7 Å². The lowest BCUT2D eigenvalue weighted by Gasteiger charge is -2.37. The SMILES string of the molecule is O=C(O)CC1(NC(=O)c2cc(-c3ccccc3)nc3ccccc23)CCOCC1. The number of aromatic nitrogens is 1. The second-order valence-electron chi connectivity index (χ2n) is 7.36. The predicted octanol–water partition coefficient (Wildman–Crippen LogP) is 3.66. The summed E-state index contributed by atoms with van der Waals surface area (Å²) in [6.07, 6.45) is 0.815. The fourth-order valence-corrected chi connectivity index (χ4v) is 3.83. The molecule has 1 aromatic heterocycles. The van der Waals surface area contributed by atoms with Crippen molar-refractivity contribution in [3.63, 3.8) is 0 Å². The van der Waals surface area contributed by atoms with Crippen LogP contribution in [0.4, 0.5) is 0 Å². The van der Waals surface area contributed by atoms with E-state index in [1.807, 2.05) is 54.6 Å². The molecule has 4 rings (SSSR count). The number of benzene rings is 2. The Hall–Kier alpha value is -3.25. The Morgan fingerprint density at radius 1 is 1.03 bits per heavy atom. The summed E-state index contributed by atoms with van der Waals surface area (Å²) < 4.78 is 5.39. The molecule has 0 aliphatic carbocycles. The van der Waals surface area contributed by atoms with Crippen molar-refractivity contribution in [3.05, 3.63) is 66.2 Å². The van der Waals surface area contributed by atoms with Gasteiger partial charge in [-0.2, -0.15) is 0 Å². The van der Waals surface area contributed by atoms with E-state index in [4.69, 9.17) is 9.72 Å². The van der Waals surface area contributed by atoms with Gasteiger partial charge in [0.2, 0.25) is 0 Å². The third-order valence-corrected chi connectivity index (χ3v) is 5.35. The first-order chi connectivity index (χ1) is 14.1. The molecule has 0 atom stereocenters. The normalized spacial score (nSPS) is 15.7. The van der Waals surface area contributed by atoms with Gasteiger partial charge in [-0.25, -0.2) is 4.98 Å². The third kappa shape index (κ3) is 4.12. The number of carboxylic acid groups (broad SMARTS) is 1. The number of ether oxygens (including phenoxy) is 1. The van der Waals surface area contributed by atoms with Crippen molar-refractivity contribution in [1.29, 1.82) is 0 Å². The lowest BCUT2D eigenvalue weighted by Crippen LogP contribution is -2.53. The zero-order chi connectivity index (χ0) is 20.3. The first-order valence-electron chi connectivity index (χ1n) is 9.64. The van der Waals surface area contributed by atoms with Crippen molar-refractivity contribution in [2.75, 3.05) is 13.2 Å². The van der Waals surface area contributed by atoms with Crippen LogP contribution in [0.5, 0.6) is 0 Å². The van der Waals surface area contributed by atoms with Gasteiger partial charge in [0.25, 0.3) is 5.91 Å². The first-order valence-corrected chi connectivity index (χ1v) is 9.64. The van der Waals surface area contributed by atoms with Crippen molar-refractivity contribution < 1.29 is 19.4 Å². The van der Waals surface area contributed by atoms with Crippen molar-refractivity contribution in [2.24, 2.45) is 0 Å². The number of para-hydroxylation sites is 1. The molecular weight excluding hydrogens is 368 g/mol. The summed E-state index contributed by atoms with van der Waals surface area (Å²) in [5.74, 6) is -1.22. The van der Waals surface area contributed by atoms with Crippen LogP contribution in [0.2, 0.25) is 0 Å². The van der Waals surface area contributed by atoms with Gasteiger partial charge < -0.3 is 15.2 Å².